The lowest BCUT2D eigenvalue weighted by Gasteiger charge is -2.26. The predicted octanol–water partition coefficient (Wildman–Crippen LogP) is 0.957. The van der Waals surface area contributed by atoms with Gasteiger partial charge in [-0.3, -0.25) is 24.0 Å². The molecular formula is C29H36FN5O6. The van der Waals surface area contributed by atoms with Crippen LogP contribution < -0.4 is 31.7 Å². The Hall–Kier alpha value is -4.48. The van der Waals surface area contributed by atoms with E-state index >= 15 is 0 Å². The van der Waals surface area contributed by atoms with Crippen LogP contribution in [0.15, 0.2) is 48.5 Å². The van der Waals surface area contributed by atoms with Gasteiger partial charge in [0.15, 0.2) is 0 Å². The molecule has 0 aromatic heterocycles. The van der Waals surface area contributed by atoms with Crippen molar-refractivity contribution in [1.29, 1.82) is 0 Å². The zero-order valence-corrected chi connectivity index (χ0v) is 23.1. The molecule has 1 aliphatic rings. The van der Waals surface area contributed by atoms with Crippen molar-refractivity contribution in [2.24, 2.45) is 11.7 Å². The normalized spacial score (nSPS) is 20.3. The van der Waals surface area contributed by atoms with Crippen LogP contribution in [0.1, 0.15) is 49.0 Å². The number of nitrogens with one attached hydrogen (secondary N) is 4. The summed E-state index contributed by atoms with van der Waals surface area (Å²) in [6.45, 7) is 3.93. The third kappa shape index (κ3) is 9.59. The molecule has 41 heavy (non-hydrogen) atoms. The topological polar surface area (TPSA) is 169 Å². The van der Waals surface area contributed by atoms with Crippen molar-refractivity contribution in [2.75, 3.05) is 13.2 Å². The van der Waals surface area contributed by atoms with E-state index in [9.17, 15) is 28.4 Å². The van der Waals surface area contributed by atoms with Gasteiger partial charge in [-0.1, -0.05) is 38.1 Å². The van der Waals surface area contributed by atoms with Crippen LogP contribution in [0.2, 0.25) is 0 Å². The molecule has 11 nitrogen and oxygen atoms in total. The van der Waals surface area contributed by atoms with Crippen molar-refractivity contribution in [3.63, 3.8) is 0 Å². The van der Waals surface area contributed by atoms with Crippen LogP contribution in [0.5, 0.6) is 5.75 Å². The van der Waals surface area contributed by atoms with Gasteiger partial charge in [0.25, 0.3) is 5.91 Å². The lowest BCUT2D eigenvalue weighted by Crippen LogP contribution is -2.53. The second-order valence-electron chi connectivity index (χ2n) is 10.2. The highest BCUT2D eigenvalue weighted by molar-refractivity contribution is 6.00. The molecule has 3 atom stereocenters. The molecular weight excluding hydrogens is 533 g/mol. The number of rotatable bonds is 7. The van der Waals surface area contributed by atoms with Gasteiger partial charge in [0.05, 0.1) is 18.0 Å². The minimum Gasteiger partial charge on any atom is -0.491 e. The summed E-state index contributed by atoms with van der Waals surface area (Å²) in [6, 6.07) is 9.50. The fourth-order valence-electron chi connectivity index (χ4n) is 4.21. The lowest BCUT2D eigenvalue weighted by atomic mass is 10.0. The van der Waals surface area contributed by atoms with E-state index in [1.54, 1.807) is 36.4 Å². The van der Waals surface area contributed by atoms with Gasteiger partial charge in [-0.25, -0.2) is 4.39 Å². The van der Waals surface area contributed by atoms with E-state index in [1.165, 1.54) is 12.1 Å². The highest BCUT2D eigenvalue weighted by atomic mass is 19.1. The Morgan fingerprint density at radius 1 is 1.05 bits per heavy atom. The fourth-order valence-corrected chi connectivity index (χ4v) is 4.21. The third-order valence-corrected chi connectivity index (χ3v) is 6.65. The summed E-state index contributed by atoms with van der Waals surface area (Å²) in [5.41, 5.74) is 6.30. The summed E-state index contributed by atoms with van der Waals surface area (Å²) in [4.78, 5) is 63.9. The number of ether oxygens (including phenoxy) is 1. The van der Waals surface area contributed by atoms with Crippen molar-refractivity contribution in [3.8, 4) is 5.75 Å². The highest BCUT2D eigenvalue weighted by Crippen LogP contribution is 2.20. The Morgan fingerprint density at radius 2 is 1.76 bits per heavy atom. The molecule has 1 aliphatic heterocycles. The standard InChI is InChI=1S/C29H36FN5O6/c1-17(2)23-16-41-24-6-4-3-5-20(24)27(38)34-21(28(39)32-14-13-18-7-9-19(30)10-8-18)11-12-26(37)33-22(15-25(31)36)29(40)35-23/h3-10,17,21-23H,11-16H2,1-2H3,(H2,31,36)(H,32,39)(H,33,37)(H,34,38)(H,35,40)/t21-,22-,23+/m0/s1. The molecule has 220 valence electrons. The second-order valence-corrected chi connectivity index (χ2v) is 10.2. The first-order chi connectivity index (χ1) is 19.5. The zero-order valence-electron chi connectivity index (χ0n) is 23.1. The van der Waals surface area contributed by atoms with E-state index < -0.39 is 54.1 Å². The number of benzene rings is 2. The van der Waals surface area contributed by atoms with Gasteiger partial charge < -0.3 is 31.7 Å². The molecule has 12 heteroatoms. The van der Waals surface area contributed by atoms with Crippen LogP contribution in [0.4, 0.5) is 4.39 Å². The number of carbonyl (C=O) groups is 5. The Kier molecular flexibility index (Phi) is 11.2. The van der Waals surface area contributed by atoms with Gasteiger partial charge in [-0.15, -0.1) is 0 Å². The number of carbonyl (C=O) groups excluding carboxylic acids is 5. The van der Waals surface area contributed by atoms with Crippen molar-refractivity contribution < 1.29 is 33.1 Å². The van der Waals surface area contributed by atoms with Crippen molar-refractivity contribution in [1.82, 2.24) is 21.3 Å². The minimum absolute atomic E-state index is 0.00175. The van der Waals surface area contributed by atoms with E-state index in [1.807, 2.05) is 13.8 Å². The molecule has 2 aromatic rings. The first-order valence-corrected chi connectivity index (χ1v) is 13.5. The van der Waals surface area contributed by atoms with E-state index in [2.05, 4.69) is 21.3 Å². The fraction of sp³-hybridized carbons (Fsp3) is 0.414. The largest absolute Gasteiger partial charge is 0.491 e. The number of primary amides is 1. The molecule has 0 saturated carbocycles. The average Bonchev–Trinajstić information content (AvgIpc) is 2.93. The predicted molar refractivity (Wildman–Crippen MR) is 148 cm³/mol. The average molecular weight is 570 g/mol. The first-order valence-electron chi connectivity index (χ1n) is 13.5. The molecule has 1 heterocycles. The third-order valence-electron chi connectivity index (χ3n) is 6.65. The van der Waals surface area contributed by atoms with Crippen molar-refractivity contribution in [3.05, 3.63) is 65.5 Å². The Morgan fingerprint density at radius 3 is 2.44 bits per heavy atom. The summed E-state index contributed by atoms with van der Waals surface area (Å²) in [5.74, 6) is -3.30. The first kappa shape index (κ1) is 31.1. The van der Waals surface area contributed by atoms with Gasteiger partial charge in [-0.05, 0) is 48.6 Å². The highest BCUT2D eigenvalue weighted by Gasteiger charge is 2.29. The molecule has 3 rings (SSSR count). The number of halogens is 1. The molecule has 0 radical (unpaired) electrons. The Bertz CT molecular complexity index is 1250. The summed E-state index contributed by atoms with van der Waals surface area (Å²) < 4.78 is 19.1. The van der Waals surface area contributed by atoms with Gasteiger partial charge in [-0.2, -0.15) is 0 Å². The maximum absolute atomic E-state index is 13.3. The molecule has 0 spiro atoms. The van der Waals surface area contributed by atoms with E-state index in [4.69, 9.17) is 10.5 Å². The van der Waals surface area contributed by atoms with Gasteiger partial charge in [0.2, 0.25) is 23.6 Å². The number of fused-ring (bicyclic) bond motifs is 1. The maximum atomic E-state index is 13.3. The van der Waals surface area contributed by atoms with Crippen LogP contribution in [0, 0.1) is 11.7 Å². The van der Waals surface area contributed by atoms with Crippen LogP contribution in [0.3, 0.4) is 0 Å². The SMILES string of the molecule is CC(C)[C@H]1COc2ccccc2C(=O)N[C@H](C(=O)NCCc2ccc(F)cc2)CCC(=O)N[C@@H](CC(N)=O)C(=O)N1. The molecule has 2 aromatic carbocycles. The molecule has 0 bridgehead atoms. The van der Waals surface area contributed by atoms with Gasteiger partial charge in [0.1, 0.15) is 30.3 Å². The quantitative estimate of drug-likeness (QED) is 0.333. The van der Waals surface area contributed by atoms with E-state index in [0.29, 0.717) is 6.42 Å². The molecule has 6 N–H and O–H groups in total. The number of hydrogen-bond donors (Lipinski definition) is 5. The summed E-state index contributed by atoms with van der Waals surface area (Å²) in [6.07, 6.45) is -0.325. The summed E-state index contributed by atoms with van der Waals surface area (Å²) >= 11 is 0. The Labute approximate surface area is 237 Å². The summed E-state index contributed by atoms with van der Waals surface area (Å²) in [7, 11) is 0. The number of amides is 5. The molecule has 5 amide bonds. The van der Waals surface area contributed by atoms with Crippen LogP contribution in [-0.4, -0.2) is 60.8 Å². The summed E-state index contributed by atoms with van der Waals surface area (Å²) in [5, 5.41) is 10.7. The van der Waals surface area contributed by atoms with Crippen LogP contribution in [-0.2, 0) is 25.6 Å². The molecule has 0 aliphatic carbocycles. The number of hydrogen-bond acceptors (Lipinski definition) is 6. The van der Waals surface area contributed by atoms with Gasteiger partial charge >= 0.3 is 0 Å². The number of para-hydroxylation sites is 1. The second kappa shape index (κ2) is 14.8. The number of nitrogens with two attached hydrogens (primary N) is 1. The van der Waals surface area contributed by atoms with Crippen LogP contribution in [0.25, 0.3) is 0 Å². The zero-order chi connectivity index (χ0) is 29.9. The van der Waals surface area contributed by atoms with E-state index in [0.717, 1.165) is 5.56 Å². The molecule has 0 fully saturated rings. The maximum Gasteiger partial charge on any atom is 0.255 e. The Balaban J connectivity index is 1.83. The minimum atomic E-state index is -1.23. The lowest BCUT2D eigenvalue weighted by molar-refractivity contribution is -0.132. The molecule has 0 unspecified atom stereocenters. The smallest absolute Gasteiger partial charge is 0.255 e. The molecule has 0 saturated heterocycles. The van der Waals surface area contributed by atoms with Gasteiger partial charge in [0, 0.05) is 13.0 Å². The monoisotopic (exact) mass is 569 g/mol. The van der Waals surface area contributed by atoms with Crippen molar-refractivity contribution >= 4 is 29.5 Å². The van der Waals surface area contributed by atoms with E-state index in [-0.39, 0.29) is 49.0 Å². The van der Waals surface area contributed by atoms with Crippen molar-refractivity contribution in [2.45, 2.75) is 57.7 Å². The van der Waals surface area contributed by atoms with Crippen LogP contribution >= 0.6 is 0 Å².